The van der Waals surface area contributed by atoms with Crippen molar-refractivity contribution >= 4 is 17.5 Å². The second-order valence-corrected chi connectivity index (χ2v) is 7.53. The first-order valence-corrected chi connectivity index (χ1v) is 10.1. The number of ether oxygens (including phenoxy) is 1. The molecule has 9 heteroatoms. The lowest BCUT2D eigenvalue weighted by Crippen LogP contribution is -2.18. The molecule has 158 valence electrons. The Kier molecular flexibility index (Phi) is 5.71. The van der Waals surface area contributed by atoms with Crippen LogP contribution in [-0.4, -0.2) is 32.7 Å². The number of fused-ring (bicyclic) bond motifs is 4. The van der Waals surface area contributed by atoms with Gasteiger partial charge in [0.25, 0.3) is 0 Å². The van der Waals surface area contributed by atoms with Gasteiger partial charge in [0.05, 0.1) is 24.9 Å². The Morgan fingerprint density at radius 1 is 1.33 bits per heavy atom. The summed E-state index contributed by atoms with van der Waals surface area (Å²) in [6, 6.07) is 5.53. The summed E-state index contributed by atoms with van der Waals surface area (Å²) >= 11 is 0. The number of aryl methyl sites for hydroxylation is 1. The summed E-state index contributed by atoms with van der Waals surface area (Å²) in [5.41, 5.74) is 9.54. The molecule has 1 amide bonds. The molecule has 0 fully saturated rings. The third kappa shape index (κ3) is 4.16. The lowest BCUT2D eigenvalue weighted by Gasteiger charge is -2.23. The Bertz CT molecular complexity index is 1030. The van der Waals surface area contributed by atoms with E-state index < -0.39 is 6.09 Å². The molecule has 2 atom stereocenters. The number of methoxy groups -OCH3 is 1. The highest BCUT2D eigenvalue weighted by Gasteiger charge is 2.21. The minimum atomic E-state index is -0.517. The maximum atomic E-state index is 11.7. The number of amides is 1. The maximum absolute atomic E-state index is 11.7. The highest BCUT2D eigenvalue weighted by atomic mass is 16.5. The van der Waals surface area contributed by atoms with E-state index in [-0.39, 0.29) is 12.1 Å². The molecule has 30 heavy (non-hydrogen) atoms. The summed E-state index contributed by atoms with van der Waals surface area (Å²) in [6.45, 7) is 0. The van der Waals surface area contributed by atoms with Crippen molar-refractivity contribution in [1.29, 1.82) is 0 Å². The van der Waals surface area contributed by atoms with Crippen molar-refractivity contribution in [1.82, 2.24) is 19.5 Å². The molecule has 4 rings (SSSR count). The average molecular weight is 409 g/mol. The lowest BCUT2D eigenvalue weighted by atomic mass is 10.0. The highest BCUT2D eigenvalue weighted by molar-refractivity contribution is 5.88. The Morgan fingerprint density at radius 3 is 2.93 bits per heavy atom. The van der Waals surface area contributed by atoms with E-state index in [1.54, 1.807) is 6.20 Å². The van der Waals surface area contributed by atoms with Crippen LogP contribution in [0.5, 0.6) is 0 Å². The fourth-order valence-corrected chi connectivity index (χ4v) is 3.81. The Morgan fingerprint density at radius 2 is 2.17 bits per heavy atom. The monoisotopic (exact) mass is 409 g/mol. The van der Waals surface area contributed by atoms with Gasteiger partial charge in [-0.2, -0.15) is 0 Å². The summed E-state index contributed by atoms with van der Waals surface area (Å²) in [4.78, 5) is 24.2. The number of H-pyrrole nitrogens is 1. The van der Waals surface area contributed by atoms with Crippen LogP contribution in [0.2, 0.25) is 0 Å². The number of aromatic nitrogens is 4. The van der Waals surface area contributed by atoms with E-state index in [1.807, 2.05) is 42.2 Å². The summed E-state index contributed by atoms with van der Waals surface area (Å²) in [5.74, 6) is 1.74. The van der Waals surface area contributed by atoms with Crippen molar-refractivity contribution in [2.45, 2.75) is 37.8 Å². The number of aromatic amines is 1. The number of hydrogen-bond donors (Lipinski definition) is 4. The van der Waals surface area contributed by atoms with E-state index in [0.29, 0.717) is 5.69 Å². The summed E-state index contributed by atoms with van der Waals surface area (Å²) in [7, 11) is 3.33. The fourth-order valence-electron chi connectivity index (χ4n) is 3.81. The first kappa shape index (κ1) is 20.0. The molecule has 3 heterocycles. The van der Waals surface area contributed by atoms with Crippen LogP contribution in [0, 0.1) is 0 Å². The largest absolute Gasteiger partial charge is 0.453 e. The van der Waals surface area contributed by atoms with Gasteiger partial charge in [-0.1, -0.05) is 12.8 Å². The molecule has 2 aromatic heterocycles. The number of nitrogens with zero attached hydrogens (tertiary/aromatic N) is 3. The second-order valence-electron chi connectivity index (χ2n) is 7.53. The quantitative estimate of drug-likeness (QED) is 0.512. The number of benzene rings is 1. The minimum Gasteiger partial charge on any atom is -0.453 e. The van der Waals surface area contributed by atoms with E-state index in [1.165, 1.54) is 7.11 Å². The summed E-state index contributed by atoms with van der Waals surface area (Å²) in [5, 5.41) is 6.37. The molecule has 0 aliphatic carbocycles. The number of hydrogen-bond acceptors (Lipinski definition) is 6. The number of nitrogens with one attached hydrogen (secondary N) is 3. The number of carbonyl (C=O) groups excluding carboxylic acids is 1. The smallest absolute Gasteiger partial charge is 0.411 e. The van der Waals surface area contributed by atoms with Crippen LogP contribution in [0.15, 0.2) is 36.8 Å². The van der Waals surface area contributed by atoms with E-state index in [2.05, 4.69) is 20.6 Å². The zero-order valence-electron chi connectivity index (χ0n) is 17.2. The van der Waals surface area contributed by atoms with Gasteiger partial charge in [-0.3, -0.25) is 5.32 Å². The fraction of sp³-hybridized carbons (Fsp3) is 0.381. The third-order valence-electron chi connectivity index (χ3n) is 5.43. The maximum Gasteiger partial charge on any atom is 0.411 e. The number of rotatable bonds is 2. The SMILES string of the molecule is COC(=O)Nc1ccc2c(c1)N[C@@H](c1nccn1C)CCCC[C@H](N)c1nc-2c[nH]1. The zero-order valence-corrected chi connectivity index (χ0v) is 17.2. The summed E-state index contributed by atoms with van der Waals surface area (Å²) in [6.07, 6.45) is 8.88. The molecule has 0 radical (unpaired) electrons. The van der Waals surface area contributed by atoms with E-state index in [0.717, 1.165) is 54.3 Å². The molecule has 0 unspecified atom stereocenters. The van der Waals surface area contributed by atoms with Crippen molar-refractivity contribution in [3.8, 4) is 11.3 Å². The molecule has 5 N–H and O–H groups in total. The van der Waals surface area contributed by atoms with Gasteiger partial charge in [-0.15, -0.1) is 0 Å². The van der Waals surface area contributed by atoms with Crippen molar-refractivity contribution in [2.75, 3.05) is 17.7 Å². The molecule has 0 spiro atoms. The van der Waals surface area contributed by atoms with Gasteiger partial charge in [0.15, 0.2) is 0 Å². The van der Waals surface area contributed by atoms with E-state index in [4.69, 9.17) is 15.5 Å². The molecule has 9 nitrogen and oxygen atoms in total. The standard InChI is InChI=1S/C21H27N7O2/c1-28-10-9-23-20(28)16-6-4-3-5-15(22)19-24-12-18(27-19)14-8-7-13(11-17(14)26-16)25-21(29)30-2/h7-12,15-16,26H,3-6,22H2,1-2H3,(H,24,27)(H,25,29)/t15-,16+/m0/s1. The minimum absolute atomic E-state index is 0.00573. The second kappa shape index (κ2) is 8.58. The van der Waals surface area contributed by atoms with Crippen LogP contribution in [0.25, 0.3) is 11.3 Å². The molecule has 2 bridgehead atoms. The van der Waals surface area contributed by atoms with Gasteiger partial charge < -0.3 is 25.3 Å². The molecular weight excluding hydrogens is 382 g/mol. The highest BCUT2D eigenvalue weighted by Crippen LogP contribution is 2.35. The van der Waals surface area contributed by atoms with Crippen LogP contribution >= 0.6 is 0 Å². The Labute approximate surface area is 175 Å². The van der Waals surface area contributed by atoms with Crippen molar-refractivity contribution < 1.29 is 9.53 Å². The number of anilines is 2. The third-order valence-corrected chi connectivity index (χ3v) is 5.43. The van der Waals surface area contributed by atoms with Crippen molar-refractivity contribution in [2.24, 2.45) is 12.8 Å². The first-order valence-electron chi connectivity index (χ1n) is 10.1. The number of nitrogens with two attached hydrogens (primary N) is 1. The molecule has 1 aliphatic rings. The molecule has 1 aromatic carbocycles. The van der Waals surface area contributed by atoms with Gasteiger partial charge in [-0.05, 0) is 31.0 Å². The van der Waals surface area contributed by atoms with Gasteiger partial charge >= 0.3 is 6.09 Å². The predicted octanol–water partition coefficient (Wildman–Crippen LogP) is 3.72. The molecular formula is C21H27N7O2. The Balaban J connectivity index is 1.77. The molecule has 0 saturated heterocycles. The van der Waals surface area contributed by atoms with Crippen LogP contribution in [0.3, 0.4) is 0 Å². The van der Waals surface area contributed by atoms with Crippen LogP contribution in [0.1, 0.15) is 49.4 Å². The Hall–Kier alpha value is -3.33. The van der Waals surface area contributed by atoms with E-state index >= 15 is 0 Å². The topological polar surface area (TPSA) is 123 Å². The van der Waals surface area contributed by atoms with Crippen molar-refractivity contribution in [3.05, 3.63) is 48.4 Å². The van der Waals surface area contributed by atoms with Crippen LogP contribution < -0.4 is 16.4 Å². The first-order chi connectivity index (χ1) is 14.5. The van der Waals surface area contributed by atoms with Gasteiger partial charge in [0, 0.05) is 42.6 Å². The molecule has 0 saturated carbocycles. The zero-order chi connectivity index (χ0) is 21.1. The average Bonchev–Trinajstić information content (AvgIpc) is 3.39. The van der Waals surface area contributed by atoms with Gasteiger partial charge in [0.1, 0.15) is 11.6 Å². The predicted molar refractivity (Wildman–Crippen MR) is 115 cm³/mol. The number of carbonyl (C=O) groups is 1. The van der Waals surface area contributed by atoms with Crippen LogP contribution in [-0.2, 0) is 11.8 Å². The lowest BCUT2D eigenvalue weighted by molar-refractivity contribution is 0.187. The summed E-state index contributed by atoms with van der Waals surface area (Å²) < 4.78 is 6.75. The van der Waals surface area contributed by atoms with Crippen LogP contribution in [0.4, 0.5) is 16.2 Å². The van der Waals surface area contributed by atoms with E-state index in [9.17, 15) is 4.79 Å². The number of imidazole rings is 2. The van der Waals surface area contributed by atoms with Gasteiger partial charge in [0.2, 0.25) is 0 Å². The van der Waals surface area contributed by atoms with Crippen molar-refractivity contribution in [3.63, 3.8) is 0 Å². The normalized spacial score (nSPS) is 19.0. The van der Waals surface area contributed by atoms with Gasteiger partial charge in [-0.25, -0.2) is 14.8 Å². The molecule has 3 aromatic rings. The molecule has 1 aliphatic heterocycles.